The summed E-state index contributed by atoms with van der Waals surface area (Å²) in [6, 6.07) is 8.47. The molecule has 0 radical (unpaired) electrons. The second-order valence-corrected chi connectivity index (χ2v) is 6.34. The number of carbonyl (C=O) groups excluding carboxylic acids is 1. The van der Waals surface area contributed by atoms with Crippen LogP contribution in [0.2, 0.25) is 0 Å². The molecule has 3 N–H and O–H groups in total. The molecule has 0 aromatic heterocycles. The van der Waals surface area contributed by atoms with Crippen LogP contribution >= 0.6 is 0 Å². The van der Waals surface area contributed by atoms with E-state index in [0.717, 1.165) is 25.8 Å². The van der Waals surface area contributed by atoms with Crippen LogP contribution < -0.4 is 11.1 Å². The number of rotatable bonds is 6. The first-order chi connectivity index (χ1) is 10.1. The molecule has 1 aliphatic rings. The van der Waals surface area contributed by atoms with Crippen molar-refractivity contribution in [3.05, 3.63) is 35.4 Å². The third-order valence-corrected chi connectivity index (χ3v) is 4.25. The smallest absolute Gasteiger partial charge is 0.220 e. The summed E-state index contributed by atoms with van der Waals surface area (Å²) < 4.78 is 0. The predicted octanol–water partition coefficient (Wildman–Crippen LogP) is 1.88. The molecule has 1 aliphatic carbocycles. The molecule has 21 heavy (non-hydrogen) atoms. The van der Waals surface area contributed by atoms with E-state index >= 15 is 0 Å². The molecular formula is C17H27N3O. The maximum absolute atomic E-state index is 12.1. The Bertz CT molecular complexity index is 473. The molecule has 4 nitrogen and oxygen atoms in total. The molecule has 0 saturated heterocycles. The van der Waals surface area contributed by atoms with Gasteiger partial charge < -0.3 is 16.0 Å². The van der Waals surface area contributed by atoms with E-state index in [1.54, 1.807) is 0 Å². The first-order valence-corrected chi connectivity index (χ1v) is 7.80. The minimum Gasteiger partial charge on any atom is -0.352 e. The number of nitrogens with one attached hydrogen (secondary N) is 1. The van der Waals surface area contributed by atoms with E-state index in [0.29, 0.717) is 18.9 Å². The van der Waals surface area contributed by atoms with Crippen molar-refractivity contribution in [2.75, 3.05) is 14.1 Å². The number of nitrogens with two attached hydrogens (primary N) is 1. The van der Waals surface area contributed by atoms with E-state index in [9.17, 15) is 4.79 Å². The van der Waals surface area contributed by atoms with Gasteiger partial charge in [0.05, 0.1) is 0 Å². The lowest BCUT2D eigenvalue weighted by Crippen LogP contribution is -2.31. The van der Waals surface area contributed by atoms with Gasteiger partial charge >= 0.3 is 0 Å². The molecule has 1 fully saturated rings. The van der Waals surface area contributed by atoms with Crippen LogP contribution in [0.1, 0.15) is 36.8 Å². The van der Waals surface area contributed by atoms with Crippen LogP contribution in [0.15, 0.2) is 24.3 Å². The van der Waals surface area contributed by atoms with Crippen LogP contribution in [-0.2, 0) is 17.9 Å². The first-order valence-electron chi connectivity index (χ1n) is 7.80. The number of carbonyl (C=O) groups is 1. The third-order valence-electron chi connectivity index (χ3n) is 4.25. The molecule has 2 atom stereocenters. The van der Waals surface area contributed by atoms with Crippen molar-refractivity contribution in [3.8, 4) is 0 Å². The Kier molecular flexibility index (Phi) is 5.76. The van der Waals surface area contributed by atoms with E-state index in [2.05, 4.69) is 36.4 Å². The molecule has 0 aliphatic heterocycles. The summed E-state index contributed by atoms with van der Waals surface area (Å²) >= 11 is 0. The molecule has 0 spiro atoms. The van der Waals surface area contributed by atoms with Crippen LogP contribution in [0.3, 0.4) is 0 Å². The molecule has 116 valence electrons. The zero-order valence-electron chi connectivity index (χ0n) is 13.1. The maximum atomic E-state index is 12.1. The summed E-state index contributed by atoms with van der Waals surface area (Å²) in [5.74, 6) is 0.485. The summed E-state index contributed by atoms with van der Waals surface area (Å²) in [6.07, 6.45) is 3.87. The number of hydrogen-bond donors (Lipinski definition) is 2. The summed E-state index contributed by atoms with van der Waals surface area (Å²) in [4.78, 5) is 14.2. The normalized spacial score (nSPS) is 21.7. The highest BCUT2D eigenvalue weighted by Crippen LogP contribution is 2.26. The van der Waals surface area contributed by atoms with Gasteiger partial charge in [0.25, 0.3) is 0 Å². The Morgan fingerprint density at radius 2 is 2.00 bits per heavy atom. The lowest BCUT2D eigenvalue weighted by Gasteiger charge is -2.17. The van der Waals surface area contributed by atoms with Gasteiger partial charge in [-0.15, -0.1) is 0 Å². The van der Waals surface area contributed by atoms with Crippen molar-refractivity contribution in [2.45, 2.75) is 44.8 Å². The van der Waals surface area contributed by atoms with E-state index < -0.39 is 0 Å². The Hall–Kier alpha value is -1.39. The maximum Gasteiger partial charge on any atom is 0.220 e. The lowest BCUT2D eigenvalue weighted by atomic mass is 10.00. The largest absolute Gasteiger partial charge is 0.352 e. The molecule has 0 heterocycles. The summed E-state index contributed by atoms with van der Waals surface area (Å²) in [7, 11) is 4.10. The minimum absolute atomic E-state index is 0.122. The quantitative estimate of drug-likeness (QED) is 0.840. The zero-order valence-corrected chi connectivity index (χ0v) is 13.1. The van der Waals surface area contributed by atoms with Crippen LogP contribution in [0.25, 0.3) is 0 Å². The lowest BCUT2D eigenvalue weighted by molar-refractivity contribution is -0.122. The van der Waals surface area contributed by atoms with Gasteiger partial charge in [0, 0.05) is 25.6 Å². The van der Waals surface area contributed by atoms with Crippen LogP contribution in [0.5, 0.6) is 0 Å². The third kappa shape index (κ3) is 4.83. The van der Waals surface area contributed by atoms with Crippen molar-refractivity contribution in [2.24, 2.45) is 11.7 Å². The fraction of sp³-hybridized carbons (Fsp3) is 0.588. The highest BCUT2D eigenvalue weighted by Gasteiger charge is 2.25. The highest BCUT2D eigenvalue weighted by atomic mass is 16.1. The van der Waals surface area contributed by atoms with Crippen molar-refractivity contribution in [3.63, 3.8) is 0 Å². The number of amides is 1. The Labute approximate surface area is 127 Å². The molecule has 0 bridgehead atoms. The molecule has 1 saturated carbocycles. The van der Waals surface area contributed by atoms with Gasteiger partial charge in [-0.3, -0.25) is 4.79 Å². The van der Waals surface area contributed by atoms with Crippen molar-refractivity contribution in [1.29, 1.82) is 0 Å². The van der Waals surface area contributed by atoms with Crippen molar-refractivity contribution in [1.82, 2.24) is 10.2 Å². The summed E-state index contributed by atoms with van der Waals surface area (Å²) in [5, 5.41) is 3.05. The number of hydrogen-bond acceptors (Lipinski definition) is 3. The van der Waals surface area contributed by atoms with Gasteiger partial charge in [0.1, 0.15) is 0 Å². The van der Waals surface area contributed by atoms with Crippen LogP contribution in [0, 0.1) is 5.92 Å². The molecule has 0 unspecified atom stereocenters. The summed E-state index contributed by atoms with van der Waals surface area (Å²) in [5.41, 5.74) is 8.48. The number of benzene rings is 1. The van der Waals surface area contributed by atoms with Crippen LogP contribution in [-0.4, -0.2) is 30.9 Å². The molecular weight excluding hydrogens is 262 g/mol. The highest BCUT2D eigenvalue weighted by molar-refractivity contribution is 5.76. The average Bonchev–Trinajstić information content (AvgIpc) is 2.83. The van der Waals surface area contributed by atoms with E-state index in [-0.39, 0.29) is 11.9 Å². The fourth-order valence-corrected chi connectivity index (χ4v) is 3.05. The predicted molar refractivity (Wildman–Crippen MR) is 85.6 cm³/mol. The second kappa shape index (κ2) is 7.57. The van der Waals surface area contributed by atoms with Gasteiger partial charge in [0.2, 0.25) is 5.91 Å². The van der Waals surface area contributed by atoms with Gasteiger partial charge in [-0.05, 0) is 44.0 Å². The van der Waals surface area contributed by atoms with E-state index in [1.807, 2.05) is 12.1 Å². The van der Waals surface area contributed by atoms with Crippen molar-refractivity contribution < 1.29 is 4.79 Å². The standard InChI is InChI=1S/C17H27N3O/c1-20(2)12-15-7-4-3-6-14(15)11-19-17(21)10-13-8-5-9-16(13)18/h3-4,6-7,13,16H,5,8-12,18H2,1-2H3,(H,19,21)/t13-,16+/m0/s1. The number of nitrogens with zero attached hydrogens (tertiary/aromatic N) is 1. The molecule has 1 aromatic carbocycles. The monoisotopic (exact) mass is 289 g/mol. The van der Waals surface area contributed by atoms with Gasteiger partial charge in [-0.1, -0.05) is 30.7 Å². The van der Waals surface area contributed by atoms with Gasteiger partial charge in [-0.2, -0.15) is 0 Å². The van der Waals surface area contributed by atoms with E-state index in [4.69, 9.17) is 5.73 Å². The minimum atomic E-state index is 0.122. The Morgan fingerprint density at radius 3 is 2.62 bits per heavy atom. The Balaban J connectivity index is 1.86. The molecule has 1 aromatic rings. The second-order valence-electron chi connectivity index (χ2n) is 6.34. The van der Waals surface area contributed by atoms with Gasteiger partial charge in [-0.25, -0.2) is 0 Å². The van der Waals surface area contributed by atoms with Crippen molar-refractivity contribution >= 4 is 5.91 Å². The zero-order chi connectivity index (χ0) is 15.2. The average molecular weight is 289 g/mol. The molecule has 2 rings (SSSR count). The van der Waals surface area contributed by atoms with E-state index in [1.165, 1.54) is 11.1 Å². The fourth-order valence-electron chi connectivity index (χ4n) is 3.05. The van der Waals surface area contributed by atoms with Crippen LogP contribution in [0.4, 0.5) is 0 Å². The Morgan fingerprint density at radius 1 is 1.29 bits per heavy atom. The molecule has 4 heteroatoms. The van der Waals surface area contributed by atoms with Gasteiger partial charge in [0.15, 0.2) is 0 Å². The topological polar surface area (TPSA) is 58.4 Å². The summed E-state index contributed by atoms with van der Waals surface area (Å²) in [6.45, 7) is 1.49. The molecule has 1 amide bonds. The first kappa shape index (κ1) is 16.0. The SMILES string of the molecule is CN(C)Cc1ccccc1CNC(=O)C[C@@H]1CCC[C@H]1N.